The second kappa shape index (κ2) is 9.59. The third kappa shape index (κ3) is 6.13. The maximum Gasteiger partial charge on any atom is 0.249 e. The number of halogens is 3. The summed E-state index contributed by atoms with van der Waals surface area (Å²) in [6, 6.07) is 7.73. The van der Waals surface area contributed by atoms with Crippen LogP contribution in [0.15, 0.2) is 39.9 Å². The number of rotatable bonds is 6. The Kier molecular flexibility index (Phi) is 7.46. The molecular weight excluding hydrogens is 461 g/mol. The van der Waals surface area contributed by atoms with Gasteiger partial charge >= 0.3 is 0 Å². The van der Waals surface area contributed by atoms with E-state index in [9.17, 15) is 14.7 Å². The van der Waals surface area contributed by atoms with Crippen LogP contribution in [-0.2, 0) is 9.59 Å². The molecule has 0 spiro atoms. The molecule has 0 unspecified atom stereocenters. The number of carbonyl (C=O) groups excluding carboxylic acids is 2. The van der Waals surface area contributed by atoms with E-state index in [-0.39, 0.29) is 16.5 Å². The number of hydrogen-bond donors (Lipinski definition) is 3. The summed E-state index contributed by atoms with van der Waals surface area (Å²) in [5, 5.41) is 16.9. The predicted molar refractivity (Wildman–Crippen MR) is 108 cm³/mol. The van der Waals surface area contributed by atoms with Gasteiger partial charge < -0.3 is 15.2 Å². The van der Waals surface area contributed by atoms with E-state index >= 15 is 0 Å². The van der Waals surface area contributed by atoms with Crippen LogP contribution in [-0.4, -0.2) is 30.2 Å². The highest BCUT2D eigenvalue weighted by Crippen LogP contribution is 2.32. The third-order valence-corrected chi connectivity index (χ3v) is 4.40. The number of nitrogens with zero attached hydrogens (tertiary/aromatic N) is 1. The lowest BCUT2D eigenvalue weighted by Crippen LogP contribution is -2.24. The number of nitrogens with one attached hydrogen (secondary N) is 2. The largest absolute Gasteiger partial charge is 0.504 e. The van der Waals surface area contributed by atoms with Gasteiger partial charge in [0, 0.05) is 15.7 Å². The highest BCUT2D eigenvalue weighted by atomic mass is 79.9. The first kappa shape index (κ1) is 21.0. The van der Waals surface area contributed by atoms with Crippen molar-refractivity contribution in [2.24, 2.45) is 5.10 Å². The molecule has 0 aliphatic heterocycles. The lowest BCUT2D eigenvalue weighted by Gasteiger charge is -2.07. The van der Waals surface area contributed by atoms with Gasteiger partial charge in [-0.2, -0.15) is 5.10 Å². The SMILES string of the molecule is COc1cc(Br)cc(/C=N/NC(=O)CC(=O)Nc2ccc(Cl)c(Cl)c2)c1O. The summed E-state index contributed by atoms with van der Waals surface area (Å²) in [4.78, 5) is 23.7. The van der Waals surface area contributed by atoms with Crippen LogP contribution in [0, 0.1) is 0 Å². The zero-order chi connectivity index (χ0) is 20.0. The lowest BCUT2D eigenvalue weighted by molar-refractivity contribution is -0.126. The summed E-state index contributed by atoms with van der Waals surface area (Å²) in [7, 11) is 1.41. The molecule has 0 fully saturated rings. The number of phenolic OH excluding ortho intramolecular Hbond substituents is 1. The minimum Gasteiger partial charge on any atom is -0.504 e. The molecule has 0 saturated carbocycles. The van der Waals surface area contributed by atoms with Crippen molar-refractivity contribution in [1.82, 2.24) is 5.43 Å². The maximum absolute atomic E-state index is 11.9. The molecule has 2 aromatic carbocycles. The number of carbonyl (C=O) groups is 2. The van der Waals surface area contributed by atoms with E-state index in [4.69, 9.17) is 27.9 Å². The van der Waals surface area contributed by atoms with Crippen molar-refractivity contribution in [1.29, 1.82) is 0 Å². The van der Waals surface area contributed by atoms with E-state index < -0.39 is 18.2 Å². The average Bonchev–Trinajstić information content (AvgIpc) is 2.60. The molecule has 0 aliphatic rings. The lowest BCUT2D eigenvalue weighted by atomic mass is 10.2. The second-order valence-corrected chi connectivity index (χ2v) is 6.92. The maximum atomic E-state index is 11.9. The standard InChI is InChI=1S/C17H14BrCl2N3O4/c1-27-14-5-10(18)4-9(17(14)26)8-21-23-16(25)7-15(24)22-11-2-3-12(19)13(20)6-11/h2-6,8,26H,7H2,1H3,(H,22,24)(H,23,25)/b21-8+. The molecule has 2 aromatic rings. The average molecular weight is 475 g/mol. The first-order chi connectivity index (χ1) is 12.8. The minimum absolute atomic E-state index is 0.129. The Bertz CT molecular complexity index is 906. The van der Waals surface area contributed by atoms with Gasteiger partial charge in [-0.05, 0) is 30.3 Å². The predicted octanol–water partition coefficient (Wildman–Crippen LogP) is 3.95. The van der Waals surface area contributed by atoms with Crippen LogP contribution in [0.3, 0.4) is 0 Å². The molecule has 0 aromatic heterocycles. The molecule has 7 nitrogen and oxygen atoms in total. The molecule has 0 heterocycles. The molecular formula is C17H14BrCl2N3O4. The van der Waals surface area contributed by atoms with E-state index in [1.165, 1.54) is 25.5 Å². The summed E-state index contributed by atoms with van der Waals surface area (Å²) in [5.41, 5.74) is 2.94. The molecule has 0 bridgehead atoms. The number of ether oxygens (including phenoxy) is 1. The van der Waals surface area contributed by atoms with Gasteiger partial charge in [0.05, 0.1) is 23.4 Å². The number of benzene rings is 2. The van der Waals surface area contributed by atoms with E-state index in [0.29, 0.717) is 20.7 Å². The van der Waals surface area contributed by atoms with Gasteiger partial charge in [-0.1, -0.05) is 39.1 Å². The molecule has 3 N–H and O–H groups in total. The van der Waals surface area contributed by atoms with Gasteiger partial charge in [-0.15, -0.1) is 0 Å². The molecule has 10 heteroatoms. The zero-order valence-corrected chi connectivity index (χ0v) is 17.0. The van der Waals surface area contributed by atoms with E-state index in [2.05, 4.69) is 31.8 Å². The monoisotopic (exact) mass is 473 g/mol. The molecule has 142 valence electrons. The van der Waals surface area contributed by atoms with E-state index in [1.54, 1.807) is 18.2 Å². The Labute approximate surface area is 173 Å². The second-order valence-electron chi connectivity index (χ2n) is 5.19. The van der Waals surface area contributed by atoms with Crippen LogP contribution < -0.4 is 15.5 Å². The van der Waals surface area contributed by atoms with Crippen molar-refractivity contribution in [3.05, 3.63) is 50.4 Å². The Morgan fingerprint density at radius 2 is 1.96 bits per heavy atom. The fraction of sp³-hybridized carbons (Fsp3) is 0.118. The van der Waals surface area contributed by atoms with Crippen molar-refractivity contribution >= 4 is 62.8 Å². The first-order valence-corrected chi connectivity index (χ1v) is 8.98. The van der Waals surface area contributed by atoms with Gasteiger partial charge in [0.15, 0.2) is 11.5 Å². The van der Waals surface area contributed by atoms with Crippen molar-refractivity contribution in [3.63, 3.8) is 0 Å². The summed E-state index contributed by atoms with van der Waals surface area (Å²) >= 11 is 14.9. The number of amides is 2. The summed E-state index contributed by atoms with van der Waals surface area (Å²) in [6.45, 7) is 0. The van der Waals surface area contributed by atoms with Crippen LogP contribution in [0.25, 0.3) is 0 Å². The Hall–Kier alpha value is -2.29. The van der Waals surface area contributed by atoms with Gasteiger partial charge in [-0.25, -0.2) is 5.43 Å². The summed E-state index contributed by atoms with van der Waals surface area (Å²) in [6.07, 6.45) is 0.781. The molecule has 0 saturated heterocycles. The summed E-state index contributed by atoms with van der Waals surface area (Å²) in [5.74, 6) is -1.06. The number of methoxy groups -OCH3 is 1. The number of phenols is 1. The van der Waals surface area contributed by atoms with Gasteiger partial charge in [0.25, 0.3) is 0 Å². The quantitative estimate of drug-likeness (QED) is 0.335. The normalized spacial score (nSPS) is 10.7. The van der Waals surface area contributed by atoms with E-state index in [1.807, 2.05) is 0 Å². The topological polar surface area (TPSA) is 100 Å². The highest BCUT2D eigenvalue weighted by molar-refractivity contribution is 9.10. The third-order valence-electron chi connectivity index (χ3n) is 3.21. The van der Waals surface area contributed by atoms with Crippen molar-refractivity contribution in [3.8, 4) is 11.5 Å². The van der Waals surface area contributed by atoms with Crippen LogP contribution in [0.1, 0.15) is 12.0 Å². The van der Waals surface area contributed by atoms with Crippen LogP contribution >= 0.6 is 39.1 Å². The molecule has 0 aliphatic carbocycles. The highest BCUT2D eigenvalue weighted by Gasteiger charge is 2.11. The van der Waals surface area contributed by atoms with Crippen LogP contribution in [0.2, 0.25) is 10.0 Å². The van der Waals surface area contributed by atoms with E-state index in [0.717, 1.165) is 0 Å². The molecule has 2 amide bonds. The number of anilines is 1. The van der Waals surface area contributed by atoms with Crippen LogP contribution in [0.4, 0.5) is 5.69 Å². The minimum atomic E-state index is -0.634. The van der Waals surface area contributed by atoms with Gasteiger partial charge in [0.1, 0.15) is 6.42 Å². The number of aromatic hydroxyl groups is 1. The number of hydrogen-bond acceptors (Lipinski definition) is 5. The smallest absolute Gasteiger partial charge is 0.249 e. The Morgan fingerprint density at radius 1 is 1.22 bits per heavy atom. The Balaban J connectivity index is 1.92. The van der Waals surface area contributed by atoms with Crippen molar-refractivity contribution in [2.45, 2.75) is 6.42 Å². The van der Waals surface area contributed by atoms with Gasteiger partial charge in [-0.3, -0.25) is 9.59 Å². The Morgan fingerprint density at radius 3 is 2.63 bits per heavy atom. The van der Waals surface area contributed by atoms with Crippen molar-refractivity contribution in [2.75, 3.05) is 12.4 Å². The molecule has 0 radical (unpaired) electrons. The zero-order valence-electron chi connectivity index (χ0n) is 13.9. The molecule has 2 rings (SSSR count). The molecule has 27 heavy (non-hydrogen) atoms. The first-order valence-electron chi connectivity index (χ1n) is 7.43. The molecule has 0 atom stereocenters. The fourth-order valence-electron chi connectivity index (χ4n) is 1.99. The number of hydrazone groups is 1. The van der Waals surface area contributed by atoms with Gasteiger partial charge in [0.2, 0.25) is 11.8 Å². The van der Waals surface area contributed by atoms with Crippen molar-refractivity contribution < 1.29 is 19.4 Å². The summed E-state index contributed by atoms with van der Waals surface area (Å²) < 4.78 is 5.68. The fourth-order valence-corrected chi connectivity index (χ4v) is 2.74. The van der Waals surface area contributed by atoms with Crippen LogP contribution in [0.5, 0.6) is 11.5 Å².